The predicted octanol–water partition coefficient (Wildman–Crippen LogP) is 1.89. The van der Waals surface area contributed by atoms with Crippen molar-refractivity contribution in [2.24, 2.45) is 0 Å². The number of hydrogen-bond acceptors (Lipinski definition) is 7. The van der Waals surface area contributed by atoms with Crippen LogP contribution in [0, 0.1) is 6.92 Å². The number of urea groups is 1. The lowest BCUT2D eigenvalue weighted by Crippen LogP contribution is -2.44. The van der Waals surface area contributed by atoms with Crippen molar-refractivity contribution in [2.75, 3.05) is 33.4 Å². The molecule has 0 radical (unpaired) electrons. The summed E-state index contributed by atoms with van der Waals surface area (Å²) in [6.07, 6.45) is 3.55. The fourth-order valence-corrected chi connectivity index (χ4v) is 2.96. The Morgan fingerprint density at radius 1 is 1.41 bits per heavy atom. The fourth-order valence-electron chi connectivity index (χ4n) is 2.96. The van der Waals surface area contributed by atoms with Gasteiger partial charge in [-0.05, 0) is 25.3 Å². The molecule has 0 saturated carbocycles. The van der Waals surface area contributed by atoms with Crippen LogP contribution in [0.5, 0.6) is 5.88 Å². The van der Waals surface area contributed by atoms with E-state index in [-0.39, 0.29) is 11.9 Å². The first-order chi connectivity index (χ1) is 13.2. The van der Waals surface area contributed by atoms with Crippen molar-refractivity contribution < 1.29 is 18.8 Å². The van der Waals surface area contributed by atoms with E-state index in [9.17, 15) is 4.79 Å². The van der Waals surface area contributed by atoms with Gasteiger partial charge in [0, 0.05) is 39.0 Å². The third-order valence-electron chi connectivity index (χ3n) is 4.38. The van der Waals surface area contributed by atoms with Crippen LogP contribution in [0.25, 0.3) is 0 Å². The Labute approximate surface area is 158 Å². The van der Waals surface area contributed by atoms with E-state index >= 15 is 0 Å². The maximum Gasteiger partial charge on any atom is 0.317 e. The molecule has 0 spiro atoms. The van der Waals surface area contributed by atoms with Crippen molar-refractivity contribution in [2.45, 2.75) is 32.2 Å². The first-order valence-electron chi connectivity index (χ1n) is 9.05. The average molecular weight is 375 g/mol. The highest BCUT2D eigenvalue weighted by Crippen LogP contribution is 2.25. The number of carbonyl (C=O) groups is 1. The molecule has 2 aromatic heterocycles. The van der Waals surface area contributed by atoms with Gasteiger partial charge in [-0.15, -0.1) is 0 Å². The molecule has 1 aliphatic heterocycles. The van der Waals surface area contributed by atoms with E-state index in [0.717, 1.165) is 24.9 Å². The van der Waals surface area contributed by atoms with Gasteiger partial charge in [0.1, 0.15) is 6.61 Å². The largest absolute Gasteiger partial charge is 0.475 e. The van der Waals surface area contributed by atoms with Gasteiger partial charge in [-0.1, -0.05) is 11.2 Å². The van der Waals surface area contributed by atoms with Crippen molar-refractivity contribution in [1.82, 2.24) is 25.3 Å². The zero-order chi connectivity index (χ0) is 19.1. The highest BCUT2D eigenvalue weighted by atomic mass is 16.5. The molecule has 9 nitrogen and oxygen atoms in total. The van der Waals surface area contributed by atoms with Crippen LogP contribution in [-0.4, -0.2) is 59.5 Å². The van der Waals surface area contributed by atoms with Gasteiger partial charge in [0.2, 0.25) is 11.8 Å². The second kappa shape index (κ2) is 9.31. The minimum absolute atomic E-state index is 0.0934. The van der Waals surface area contributed by atoms with Crippen LogP contribution in [-0.2, 0) is 11.3 Å². The second-order valence-electron chi connectivity index (χ2n) is 6.47. The second-order valence-corrected chi connectivity index (χ2v) is 6.47. The number of aryl methyl sites for hydroxylation is 1. The summed E-state index contributed by atoms with van der Waals surface area (Å²) < 4.78 is 15.6. The van der Waals surface area contributed by atoms with E-state index in [1.807, 2.05) is 6.07 Å². The summed E-state index contributed by atoms with van der Waals surface area (Å²) in [6.45, 7) is 4.47. The highest BCUT2D eigenvalue weighted by molar-refractivity contribution is 5.74. The van der Waals surface area contributed by atoms with E-state index in [2.05, 4.69) is 20.4 Å². The SMILES string of the molecule is COCCOc1ccc(CNC(=O)N2CCCC(c3nc(C)no3)C2)cn1. The number of nitrogens with zero attached hydrogens (tertiary/aromatic N) is 4. The first kappa shape index (κ1) is 19.1. The van der Waals surface area contributed by atoms with E-state index < -0.39 is 0 Å². The number of aromatic nitrogens is 3. The molecule has 3 heterocycles. The van der Waals surface area contributed by atoms with Gasteiger partial charge in [0.15, 0.2) is 5.82 Å². The lowest BCUT2D eigenvalue weighted by molar-refractivity contribution is 0.143. The molecule has 27 heavy (non-hydrogen) atoms. The van der Waals surface area contributed by atoms with Crippen LogP contribution < -0.4 is 10.1 Å². The van der Waals surface area contributed by atoms with Gasteiger partial charge in [0.25, 0.3) is 0 Å². The topological polar surface area (TPSA) is 103 Å². The number of piperidine rings is 1. The van der Waals surface area contributed by atoms with E-state index in [1.54, 1.807) is 31.2 Å². The maximum absolute atomic E-state index is 12.5. The molecule has 1 fully saturated rings. The van der Waals surface area contributed by atoms with Gasteiger partial charge in [-0.3, -0.25) is 0 Å². The Kier molecular flexibility index (Phi) is 6.59. The third kappa shape index (κ3) is 5.40. The summed E-state index contributed by atoms with van der Waals surface area (Å²) in [7, 11) is 1.62. The van der Waals surface area contributed by atoms with Gasteiger partial charge in [-0.2, -0.15) is 4.98 Å². The molecular formula is C18H25N5O4. The van der Waals surface area contributed by atoms with Crippen molar-refractivity contribution >= 4 is 6.03 Å². The van der Waals surface area contributed by atoms with Crippen molar-refractivity contribution in [1.29, 1.82) is 0 Å². The quantitative estimate of drug-likeness (QED) is 0.737. The number of carbonyl (C=O) groups excluding carboxylic acids is 1. The minimum atomic E-state index is -0.101. The summed E-state index contributed by atoms with van der Waals surface area (Å²) in [5, 5.41) is 6.78. The van der Waals surface area contributed by atoms with E-state index in [0.29, 0.717) is 43.9 Å². The van der Waals surface area contributed by atoms with E-state index in [1.165, 1.54) is 0 Å². The molecule has 146 valence electrons. The third-order valence-corrected chi connectivity index (χ3v) is 4.38. The Bertz CT molecular complexity index is 734. The molecule has 0 bridgehead atoms. The van der Waals surface area contributed by atoms with Crippen molar-refractivity contribution in [3.05, 3.63) is 35.6 Å². The van der Waals surface area contributed by atoms with Gasteiger partial charge in [0.05, 0.1) is 12.5 Å². The summed E-state index contributed by atoms with van der Waals surface area (Å²) in [5.74, 6) is 1.86. The van der Waals surface area contributed by atoms with Crippen molar-refractivity contribution in [3.8, 4) is 5.88 Å². The maximum atomic E-state index is 12.5. The smallest absolute Gasteiger partial charge is 0.317 e. The Morgan fingerprint density at radius 3 is 3.00 bits per heavy atom. The molecule has 1 unspecified atom stereocenters. The molecule has 0 aromatic carbocycles. The number of pyridine rings is 1. The predicted molar refractivity (Wildman–Crippen MR) is 96.4 cm³/mol. The first-order valence-corrected chi connectivity index (χ1v) is 9.05. The lowest BCUT2D eigenvalue weighted by atomic mass is 9.98. The number of hydrogen-bond donors (Lipinski definition) is 1. The fraction of sp³-hybridized carbons (Fsp3) is 0.556. The number of nitrogens with one attached hydrogen (secondary N) is 1. The Morgan fingerprint density at radius 2 is 2.30 bits per heavy atom. The molecule has 1 saturated heterocycles. The Balaban J connectivity index is 1.47. The van der Waals surface area contributed by atoms with Gasteiger partial charge in [-0.25, -0.2) is 9.78 Å². The zero-order valence-corrected chi connectivity index (χ0v) is 15.7. The molecule has 2 aromatic rings. The molecule has 3 rings (SSSR count). The van der Waals surface area contributed by atoms with E-state index in [4.69, 9.17) is 14.0 Å². The normalized spacial score (nSPS) is 17.0. The average Bonchev–Trinajstić information content (AvgIpc) is 3.14. The van der Waals surface area contributed by atoms with Crippen LogP contribution in [0.15, 0.2) is 22.9 Å². The molecule has 1 atom stereocenters. The van der Waals surface area contributed by atoms with Crippen LogP contribution in [0.4, 0.5) is 4.79 Å². The number of methoxy groups -OCH3 is 1. The Hall–Kier alpha value is -2.68. The zero-order valence-electron chi connectivity index (χ0n) is 15.7. The summed E-state index contributed by atoms with van der Waals surface area (Å²) in [5.41, 5.74) is 0.906. The molecular weight excluding hydrogens is 350 g/mol. The number of rotatable bonds is 7. The van der Waals surface area contributed by atoms with Crippen LogP contribution >= 0.6 is 0 Å². The van der Waals surface area contributed by atoms with Gasteiger partial charge >= 0.3 is 6.03 Å². The number of amides is 2. The molecule has 9 heteroatoms. The van der Waals surface area contributed by atoms with Gasteiger partial charge < -0.3 is 24.2 Å². The lowest BCUT2D eigenvalue weighted by Gasteiger charge is -2.31. The molecule has 2 amide bonds. The molecule has 1 aliphatic rings. The summed E-state index contributed by atoms with van der Waals surface area (Å²) >= 11 is 0. The van der Waals surface area contributed by atoms with Crippen LogP contribution in [0.2, 0.25) is 0 Å². The molecule has 0 aliphatic carbocycles. The number of likely N-dealkylation sites (tertiary alicyclic amines) is 1. The van der Waals surface area contributed by atoms with Crippen molar-refractivity contribution in [3.63, 3.8) is 0 Å². The highest BCUT2D eigenvalue weighted by Gasteiger charge is 2.28. The molecule has 1 N–H and O–H groups in total. The summed E-state index contributed by atoms with van der Waals surface area (Å²) in [6, 6.07) is 3.57. The summed E-state index contributed by atoms with van der Waals surface area (Å²) in [4.78, 5) is 22.8. The number of ether oxygens (including phenoxy) is 2. The van der Waals surface area contributed by atoms with Crippen LogP contribution in [0.3, 0.4) is 0 Å². The monoisotopic (exact) mass is 375 g/mol. The minimum Gasteiger partial charge on any atom is -0.475 e. The van der Waals surface area contributed by atoms with Crippen LogP contribution in [0.1, 0.15) is 36.0 Å². The standard InChI is InChI=1S/C18H25N5O4/c1-13-21-17(27-22-13)15-4-3-7-23(12-15)18(24)20-11-14-5-6-16(19-10-14)26-9-8-25-2/h5-6,10,15H,3-4,7-9,11-12H2,1-2H3,(H,20,24).